The number of hydrogen-bond donors (Lipinski definition) is 3. The van der Waals surface area contributed by atoms with Crippen molar-refractivity contribution in [2.45, 2.75) is 45.6 Å². The molecule has 0 aliphatic carbocycles. The molecule has 1 amide bonds. The fraction of sp³-hybridized carbons (Fsp3) is 0.526. The van der Waals surface area contributed by atoms with Crippen LogP contribution in [0.15, 0.2) is 23.6 Å². The normalized spacial score (nSPS) is 15.7. The van der Waals surface area contributed by atoms with Crippen molar-refractivity contribution >= 4 is 34.5 Å². The van der Waals surface area contributed by atoms with Gasteiger partial charge in [-0.3, -0.25) is 4.79 Å². The number of aromatic amines is 1. The summed E-state index contributed by atoms with van der Waals surface area (Å²) in [5, 5.41) is 4.13. The average Bonchev–Trinajstić information content (AvgIpc) is 3.06. The third kappa shape index (κ3) is 4.81. The largest absolute Gasteiger partial charge is 0.349 e. The second-order valence-electron chi connectivity index (χ2n) is 6.94. The van der Waals surface area contributed by atoms with E-state index in [9.17, 15) is 4.79 Å². The van der Waals surface area contributed by atoms with Crippen molar-refractivity contribution in [3.63, 3.8) is 0 Å². The molecule has 1 unspecified atom stereocenters. The number of nitrogens with one attached hydrogen (secondary N) is 2. The summed E-state index contributed by atoms with van der Waals surface area (Å²) in [7, 11) is 0. The van der Waals surface area contributed by atoms with Gasteiger partial charge >= 0.3 is 0 Å². The van der Waals surface area contributed by atoms with Crippen LogP contribution in [0.1, 0.15) is 38.2 Å². The van der Waals surface area contributed by atoms with Gasteiger partial charge in [0.05, 0.1) is 10.3 Å². The van der Waals surface area contributed by atoms with Gasteiger partial charge < -0.3 is 20.9 Å². The molecule has 1 atom stereocenters. The van der Waals surface area contributed by atoms with Crippen LogP contribution in [0.2, 0.25) is 0 Å². The number of rotatable bonds is 8. The van der Waals surface area contributed by atoms with Gasteiger partial charge in [-0.2, -0.15) is 0 Å². The van der Waals surface area contributed by atoms with Crippen molar-refractivity contribution < 1.29 is 4.79 Å². The highest BCUT2D eigenvalue weighted by Crippen LogP contribution is 2.30. The fourth-order valence-electron chi connectivity index (χ4n) is 3.24. The summed E-state index contributed by atoms with van der Waals surface area (Å²) in [4.78, 5) is 27.4. The van der Waals surface area contributed by atoms with Crippen molar-refractivity contribution in [1.82, 2.24) is 20.3 Å². The highest BCUT2D eigenvalue weighted by atomic mass is 32.2. The smallest absolute Gasteiger partial charge is 0.259 e. The van der Waals surface area contributed by atoms with E-state index < -0.39 is 0 Å². The minimum Gasteiger partial charge on any atom is -0.349 e. The minimum atomic E-state index is -0.00730. The molecule has 1 aliphatic rings. The lowest BCUT2D eigenvalue weighted by Crippen LogP contribution is -2.35. The van der Waals surface area contributed by atoms with Crippen molar-refractivity contribution in [3.8, 4) is 0 Å². The first-order valence-corrected chi connectivity index (χ1v) is 10.5. The summed E-state index contributed by atoms with van der Waals surface area (Å²) in [6, 6.07) is 0.157. The fourth-order valence-corrected chi connectivity index (χ4v) is 4.14. The predicted molar refractivity (Wildman–Crippen MR) is 112 cm³/mol. The Morgan fingerprint density at radius 2 is 2.26 bits per heavy atom. The molecule has 3 rings (SSSR count). The van der Waals surface area contributed by atoms with Crippen molar-refractivity contribution in [1.29, 1.82) is 0 Å². The van der Waals surface area contributed by atoms with Crippen molar-refractivity contribution in [3.05, 3.63) is 29.2 Å². The molecule has 0 spiro atoms. The topological polar surface area (TPSA) is 99.9 Å². The molecule has 8 heteroatoms. The van der Waals surface area contributed by atoms with Crippen molar-refractivity contribution in [2.24, 2.45) is 5.73 Å². The molecular formula is C19H28N6OS. The second kappa shape index (κ2) is 9.23. The summed E-state index contributed by atoms with van der Waals surface area (Å²) in [5.41, 5.74) is 7.45. The van der Waals surface area contributed by atoms with Gasteiger partial charge in [0.2, 0.25) is 0 Å². The monoisotopic (exact) mass is 388 g/mol. The molecule has 0 saturated carbocycles. The number of fused-ring (bicyclic) bond motifs is 1. The number of amides is 1. The lowest BCUT2D eigenvalue weighted by Gasteiger charge is -2.26. The molecular weight excluding hydrogens is 360 g/mol. The molecule has 3 heterocycles. The van der Waals surface area contributed by atoms with E-state index in [1.165, 1.54) is 0 Å². The van der Waals surface area contributed by atoms with Crippen LogP contribution in [-0.2, 0) is 4.79 Å². The maximum absolute atomic E-state index is 12.7. The molecule has 7 nitrogen and oxygen atoms in total. The number of hydrogen-bond acceptors (Lipinski definition) is 6. The van der Waals surface area contributed by atoms with E-state index in [0.29, 0.717) is 0 Å². The number of unbranched alkanes of at least 4 members (excludes halogenated alkanes) is 2. The van der Waals surface area contributed by atoms with Gasteiger partial charge in [0.1, 0.15) is 17.8 Å². The number of carbonyl (C=O) groups excluding carboxylic acids is 1. The lowest BCUT2D eigenvalue weighted by molar-refractivity contribution is -0.117. The molecule has 4 N–H and O–H groups in total. The van der Waals surface area contributed by atoms with Crippen LogP contribution in [0.3, 0.4) is 0 Å². The molecule has 1 aliphatic heterocycles. The zero-order chi connectivity index (χ0) is 19.2. The Morgan fingerprint density at radius 3 is 3.07 bits per heavy atom. The van der Waals surface area contributed by atoms with Gasteiger partial charge in [-0.15, -0.1) is 11.8 Å². The number of nitrogens with two attached hydrogens (primary N) is 1. The van der Waals surface area contributed by atoms with E-state index in [4.69, 9.17) is 5.73 Å². The quantitative estimate of drug-likeness (QED) is 0.601. The van der Waals surface area contributed by atoms with Crippen LogP contribution < -0.4 is 16.0 Å². The molecule has 0 aromatic carbocycles. The molecule has 0 fully saturated rings. The van der Waals surface area contributed by atoms with Gasteiger partial charge in [0, 0.05) is 30.7 Å². The number of aryl methyl sites for hydroxylation is 1. The van der Waals surface area contributed by atoms with E-state index >= 15 is 0 Å². The second-order valence-corrected chi connectivity index (χ2v) is 8.08. The van der Waals surface area contributed by atoms with E-state index in [1.807, 2.05) is 19.3 Å². The third-order valence-corrected chi connectivity index (χ3v) is 5.71. The van der Waals surface area contributed by atoms with Crippen molar-refractivity contribution in [2.75, 3.05) is 23.7 Å². The summed E-state index contributed by atoms with van der Waals surface area (Å²) in [6.45, 7) is 5.64. The molecule has 0 saturated heterocycles. The van der Waals surface area contributed by atoms with Crippen LogP contribution in [0.5, 0.6) is 0 Å². The number of aromatic nitrogens is 3. The summed E-state index contributed by atoms with van der Waals surface area (Å²) < 4.78 is 0. The van der Waals surface area contributed by atoms with E-state index in [-0.39, 0.29) is 11.9 Å². The van der Waals surface area contributed by atoms with Crippen LogP contribution in [0.25, 0.3) is 11.0 Å². The Labute approximate surface area is 164 Å². The zero-order valence-corrected chi connectivity index (χ0v) is 16.8. The zero-order valence-electron chi connectivity index (χ0n) is 16.0. The Kier molecular flexibility index (Phi) is 6.73. The number of H-pyrrole nitrogens is 1. The number of nitrogens with zero attached hydrogens (tertiary/aromatic N) is 3. The first kappa shape index (κ1) is 19.7. The number of carbonyl (C=O) groups is 1. The Balaban J connectivity index is 1.68. The summed E-state index contributed by atoms with van der Waals surface area (Å²) >= 11 is 1.59. The van der Waals surface area contributed by atoms with E-state index in [2.05, 4.69) is 32.1 Å². The Morgan fingerprint density at radius 1 is 1.41 bits per heavy atom. The first-order chi connectivity index (χ1) is 13.1. The van der Waals surface area contributed by atoms with Gasteiger partial charge in [-0.1, -0.05) is 12.8 Å². The van der Waals surface area contributed by atoms with Gasteiger partial charge in [-0.25, -0.2) is 9.97 Å². The standard InChI is InChI=1S/C19H28N6OS/c1-13-10-21-17-16(13)18(23-12-22-17)25-8-9-27-15(11-25)19(26)24-14(2)6-4-3-5-7-20/h10-12,14H,3-9,20H2,1-2H3,(H,24,26)(H,21,22,23). The maximum atomic E-state index is 12.7. The summed E-state index contributed by atoms with van der Waals surface area (Å²) in [5.74, 6) is 1.69. The number of anilines is 1. The predicted octanol–water partition coefficient (Wildman–Crippen LogP) is 2.68. The van der Waals surface area contributed by atoms with E-state index in [0.717, 1.165) is 71.8 Å². The van der Waals surface area contributed by atoms with Crippen LogP contribution in [-0.4, -0.2) is 45.7 Å². The molecule has 146 valence electrons. The van der Waals surface area contributed by atoms with E-state index in [1.54, 1.807) is 18.1 Å². The lowest BCUT2D eigenvalue weighted by atomic mass is 10.1. The Hall–Kier alpha value is -2.06. The van der Waals surface area contributed by atoms with Gasteiger partial charge in [0.15, 0.2) is 0 Å². The molecule has 2 aromatic rings. The molecule has 0 radical (unpaired) electrons. The number of thioether (sulfide) groups is 1. The summed E-state index contributed by atoms with van der Waals surface area (Å²) in [6.07, 6.45) is 9.63. The molecule has 27 heavy (non-hydrogen) atoms. The Bertz CT molecular complexity index is 818. The molecule has 2 aromatic heterocycles. The maximum Gasteiger partial charge on any atom is 0.259 e. The van der Waals surface area contributed by atoms with Gasteiger partial charge in [-0.05, 0) is 38.8 Å². The third-order valence-electron chi connectivity index (χ3n) is 4.72. The average molecular weight is 389 g/mol. The van der Waals surface area contributed by atoms with Crippen LogP contribution in [0, 0.1) is 6.92 Å². The first-order valence-electron chi connectivity index (χ1n) is 9.51. The van der Waals surface area contributed by atoms with Gasteiger partial charge in [0.25, 0.3) is 5.91 Å². The van der Waals surface area contributed by atoms with Crippen LogP contribution >= 0.6 is 11.8 Å². The SMILES string of the molecule is Cc1c[nH]c2ncnc(N3C=C(C(=O)NC(C)CCCCCN)SCC3)c12. The molecule has 0 bridgehead atoms. The highest BCUT2D eigenvalue weighted by molar-refractivity contribution is 8.04. The highest BCUT2D eigenvalue weighted by Gasteiger charge is 2.22. The van der Waals surface area contributed by atoms with Crippen LogP contribution in [0.4, 0.5) is 5.82 Å². The minimum absolute atomic E-state index is 0.00730.